The second kappa shape index (κ2) is 8.39. The molecule has 4 rings (SSSR count). The van der Waals surface area contributed by atoms with Crippen LogP contribution in [0.2, 0.25) is 0 Å². The number of hydrogen-bond donors (Lipinski definition) is 1. The number of aromatic nitrogens is 1. The zero-order chi connectivity index (χ0) is 24.0. The topological polar surface area (TPSA) is 72.3 Å². The van der Waals surface area contributed by atoms with Gasteiger partial charge in [0.25, 0.3) is 5.91 Å². The maximum atomic E-state index is 13.4. The Balaban J connectivity index is 1.69. The lowest BCUT2D eigenvalue weighted by Crippen LogP contribution is -2.44. The summed E-state index contributed by atoms with van der Waals surface area (Å²) in [5.74, 6) is -0.0166. The van der Waals surface area contributed by atoms with Crippen molar-refractivity contribution >= 4 is 34.6 Å². The molecule has 172 valence electrons. The number of carbonyl (C=O) groups is 1. The average Bonchev–Trinajstić information content (AvgIpc) is 2.97. The highest BCUT2D eigenvalue weighted by Gasteiger charge is 2.51. The first kappa shape index (κ1) is 23.1. The van der Waals surface area contributed by atoms with E-state index in [-0.39, 0.29) is 10.8 Å². The quantitative estimate of drug-likeness (QED) is 0.668. The van der Waals surface area contributed by atoms with Crippen LogP contribution in [-0.4, -0.2) is 34.6 Å². The highest BCUT2D eigenvalue weighted by Crippen LogP contribution is 2.39. The van der Waals surface area contributed by atoms with Crippen molar-refractivity contribution in [2.45, 2.75) is 44.3 Å². The van der Waals surface area contributed by atoms with Gasteiger partial charge in [-0.3, -0.25) is 9.69 Å². The summed E-state index contributed by atoms with van der Waals surface area (Å²) in [6.07, 6.45) is -1.63. The van der Waals surface area contributed by atoms with E-state index in [1.165, 1.54) is 11.6 Å². The summed E-state index contributed by atoms with van der Waals surface area (Å²) in [6, 6.07) is 10.00. The van der Waals surface area contributed by atoms with Gasteiger partial charge in [-0.15, -0.1) is 0 Å². The number of hydrogen-bond acceptors (Lipinski definition) is 5. The predicted molar refractivity (Wildman–Crippen MR) is 122 cm³/mol. The van der Waals surface area contributed by atoms with Gasteiger partial charge in [0.1, 0.15) is 11.6 Å². The molecule has 1 amide bonds. The van der Waals surface area contributed by atoms with E-state index in [4.69, 9.17) is 17.5 Å². The summed E-state index contributed by atoms with van der Waals surface area (Å²) < 4.78 is 40.3. The Labute approximate surface area is 195 Å². The van der Waals surface area contributed by atoms with Crippen molar-refractivity contribution in [2.24, 2.45) is 0 Å². The van der Waals surface area contributed by atoms with Gasteiger partial charge in [0.2, 0.25) is 0 Å². The Bertz CT molecular complexity index is 1130. The van der Waals surface area contributed by atoms with Crippen LogP contribution in [0.4, 0.5) is 24.5 Å². The van der Waals surface area contributed by atoms with E-state index in [0.29, 0.717) is 11.6 Å². The van der Waals surface area contributed by atoms with Gasteiger partial charge in [-0.1, -0.05) is 12.1 Å². The van der Waals surface area contributed by atoms with Crippen molar-refractivity contribution in [1.29, 1.82) is 5.26 Å². The molecule has 1 N–H and O–H groups in total. The van der Waals surface area contributed by atoms with E-state index in [9.17, 15) is 18.0 Å². The van der Waals surface area contributed by atoms with E-state index < -0.39 is 28.9 Å². The molecule has 2 aliphatic heterocycles. The molecule has 2 aromatic rings. The van der Waals surface area contributed by atoms with Gasteiger partial charge in [-0.2, -0.15) is 18.4 Å². The van der Waals surface area contributed by atoms with Crippen molar-refractivity contribution < 1.29 is 18.0 Å². The second-order valence-electron chi connectivity index (χ2n) is 8.63. The van der Waals surface area contributed by atoms with Crippen LogP contribution in [0.1, 0.15) is 49.4 Å². The summed E-state index contributed by atoms with van der Waals surface area (Å²) in [7, 11) is 0. The van der Waals surface area contributed by atoms with Crippen LogP contribution in [0.3, 0.4) is 0 Å². The van der Waals surface area contributed by atoms with Crippen molar-refractivity contribution in [3.05, 3.63) is 53.3 Å². The van der Waals surface area contributed by atoms with Gasteiger partial charge in [0.05, 0.1) is 17.4 Å². The van der Waals surface area contributed by atoms with Gasteiger partial charge in [0.15, 0.2) is 10.8 Å². The fourth-order valence-electron chi connectivity index (χ4n) is 4.39. The Morgan fingerprint density at radius 1 is 1.18 bits per heavy atom. The molecule has 0 saturated carbocycles. The monoisotopic (exact) mass is 473 g/mol. The molecule has 0 atom stereocenters. The minimum atomic E-state index is -4.79. The Hall–Kier alpha value is -3.03. The maximum Gasteiger partial charge on any atom is 0.419 e. The van der Waals surface area contributed by atoms with E-state index in [0.717, 1.165) is 43.1 Å². The van der Waals surface area contributed by atoms with Gasteiger partial charge in [0, 0.05) is 5.69 Å². The first-order valence-electron chi connectivity index (χ1n) is 10.5. The van der Waals surface area contributed by atoms with Crippen LogP contribution in [0.15, 0.2) is 36.5 Å². The lowest BCUT2D eigenvalue weighted by Gasteiger charge is -2.30. The Kier molecular flexibility index (Phi) is 5.88. The number of halogens is 3. The van der Waals surface area contributed by atoms with Crippen LogP contribution in [0, 0.1) is 11.3 Å². The van der Waals surface area contributed by atoms with E-state index in [1.807, 2.05) is 24.3 Å². The molecular formula is C23H22F3N5OS. The van der Waals surface area contributed by atoms with Gasteiger partial charge in [-0.25, -0.2) is 4.98 Å². The van der Waals surface area contributed by atoms with Crippen molar-refractivity contribution in [3.8, 4) is 6.07 Å². The SMILES string of the molecule is CC1(C)C(=O)N(c2cnc(C#N)c(C(F)(F)F)c2)C(=S)N1c1ccc(C2CCNCC2)cc1. The van der Waals surface area contributed by atoms with Crippen molar-refractivity contribution in [2.75, 3.05) is 22.9 Å². The molecule has 0 aliphatic carbocycles. The van der Waals surface area contributed by atoms with Crippen LogP contribution in [0.5, 0.6) is 0 Å². The highest BCUT2D eigenvalue weighted by atomic mass is 32.1. The minimum Gasteiger partial charge on any atom is -0.317 e. The number of thiocarbonyl (C=S) groups is 1. The molecule has 3 heterocycles. The van der Waals surface area contributed by atoms with E-state index >= 15 is 0 Å². The summed E-state index contributed by atoms with van der Waals surface area (Å²) in [6.45, 7) is 5.28. The number of carbonyl (C=O) groups excluding carboxylic acids is 1. The Morgan fingerprint density at radius 2 is 1.82 bits per heavy atom. The first-order chi connectivity index (χ1) is 15.6. The molecule has 0 spiro atoms. The third-order valence-electron chi connectivity index (χ3n) is 6.17. The molecule has 1 aromatic carbocycles. The summed E-state index contributed by atoms with van der Waals surface area (Å²) in [4.78, 5) is 19.6. The summed E-state index contributed by atoms with van der Waals surface area (Å²) in [5.41, 5.74) is -1.33. The molecule has 0 radical (unpaired) electrons. The van der Waals surface area contributed by atoms with E-state index in [2.05, 4.69) is 10.3 Å². The summed E-state index contributed by atoms with van der Waals surface area (Å²) in [5, 5.41) is 12.4. The van der Waals surface area contributed by atoms with Gasteiger partial charge < -0.3 is 10.2 Å². The van der Waals surface area contributed by atoms with E-state index in [1.54, 1.807) is 18.7 Å². The largest absolute Gasteiger partial charge is 0.419 e. The van der Waals surface area contributed by atoms with Crippen molar-refractivity contribution in [3.63, 3.8) is 0 Å². The second-order valence-corrected chi connectivity index (χ2v) is 9.00. The van der Waals surface area contributed by atoms with Gasteiger partial charge in [-0.05, 0) is 81.7 Å². The molecular weight excluding hydrogens is 451 g/mol. The number of benzene rings is 1. The fraction of sp³-hybridized carbons (Fsp3) is 0.391. The molecule has 33 heavy (non-hydrogen) atoms. The number of anilines is 2. The number of piperidine rings is 1. The average molecular weight is 474 g/mol. The number of pyridine rings is 1. The lowest BCUT2D eigenvalue weighted by atomic mass is 9.90. The molecule has 0 unspecified atom stereocenters. The van der Waals surface area contributed by atoms with Crippen molar-refractivity contribution in [1.82, 2.24) is 10.3 Å². The smallest absolute Gasteiger partial charge is 0.317 e. The standard InChI is InChI=1S/C23H22F3N5OS/c1-22(2)20(32)30(17-11-18(23(24,25)26)19(12-27)29-13-17)21(33)31(22)16-5-3-14(4-6-16)15-7-9-28-10-8-15/h3-6,11,13,15,28H,7-10H2,1-2H3. The van der Waals surface area contributed by atoms with Gasteiger partial charge >= 0.3 is 6.18 Å². The number of amides is 1. The normalized spacial score (nSPS) is 19.2. The van der Waals surface area contributed by atoms with Crippen LogP contribution >= 0.6 is 12.2 Å². The number of nitrogens with one attached hydrogen (secondary N) is 1. The predicted octanol–water partition coefficient (Wildman–Crippen LogP) is 4.36. The zero-order valence-corrected chi connectivity index (χ0v) is 18.9. The number of nitrogens with zero attached hydrogens (tertiary/aromatic N) is 4. The minimum absolute atomic E-state index is 0.0549. The molecule has 6 nitrogen and oxygen atoms in total. The third-order valence-corrected chi connectivity index (χ3v) is 6.54. The molecule has 1 aromatic heterocycles. The molecule has 2 fully saturated rings. The third kappa shape index (κ3) is 4.07. The molecule has 0 bridgehead atoms. The lowest BCUT2D eigenvalue weighted by molar-refractivity contribution is -0.138. The summed E-state index contributed by atoms with van der Waals surface area (Å²) >= 11 is 5.56. The maximum absolute atomic E-state index is 13.4. The fourth-order valence-corrected chi connectivity index (χ4v) is 4.91. The molecule has 2 aliphatic rings. The Morgan fingerprint density at radius 3 is 2.39 bits per heavy atom. The highest BCUT2D eigenvalue weighted by molar-refractivity contribution is 7.81. The molecule has 2 saturated heterocycles. The number of nitriles is 1. The van der Waals surface area contributed by atoms with Crippen LogP contribution in [0.25, 0.3) is 0 Å². The molecule has 10 heteroatoms. The number of rotatable bonds is 3. The van der Waals surface area contributed by atoms with Crippen LogP contribution in [-0.2, 0) is 11.0 Å². The number of alkyl halides is 3. The first-order valence-corrected chi connectivity index (χ1v) is 10.9. The zero-order valence-electron chi connectivity index (χ0n) is 18.1. The van der Waals surface area contributed by atoms with Crippen LogP contribution < -0.4 is 15.1 Å².